The molecule has 1 atom stereocenters. The number of nitrogens with one attached hydrogen (secondary N) is 2. The maximum atomic E-state index is 11.7. The van der Waals surface area contributed by atoms with Crippen LogP contribution in [0, 0.1) is 12.8 Å². The van der Waals surface area contributed by atoms with Gasteiger partial charge in [0, 0.05) is 12.1 Å². The third-order valence-electron chi connectivity index (χ3n) is 3.00. The normalized spacial score (nSPS) is 15.8. The molecule has 0 aromatic carbocycles. The molecule has 1 unspecified atom stereocenters. The van der Waals surface area contributed by atoms with Gasteiger partial charge in [-0.3, -0.25) is 4.79 Å². The molecule has 19 heavy (non-hydrogen) atoms. The van der Waals surface area contributed by atoms with Gasteiger partial charge in [0.25, 0.3) is 0 Å². The summed E-state index contributed by atoms with van der Waals surface area (Å²) in [6.07, 6.45) is 1.90. The van der Waals surface area contributed by atoms with Crippen molar-refractivity contribution in [1.29, 1.82) is 0 Å². The fraction of sp³-hybridized carbons (Fsp3) is 0.583. The first-order valence-corrected chi connectivity index (χ1v) is 6.23. The van der Waals surface area contributed by atoms with Crippen LogP contribution in [0.2, 0.25) is 0 Å². The Kier molecular flexibility index (Phi) is 4.03. The minimum atomic E-state index is -0.900. The van der Waals surface area contributed by atoms with Crippen LogP contribution < -0.4 is 10.6 Å². The smallest absolute Gasteiger partial charge is 0.315 e. The molecule has 0 saturated heterocycles. The van der Waals surface area contributed by atoms with Gasteiger partial charge in [-0.2, -0.15) is 0 Å². The summed E-state index contributed by atoms with van der Waals surface area (Å²) in [5, 5.41) is 17.8. The van der Waals surface area contributed by atoms with Crippen molar-refractivity contribution in [2.24, 2.45) is 5.92 Å². The molecule has 2 amide bonds. The summed E-state index contributed by atoms with van der Waals surface area (Å²) in [4.78, 5) is 22.4. The molecule has 1 aromatic heterocycles. The van der Waals surface area contributed by atoms with Crippen molar-refractivity contribution in [2.75, 3.05) is 0 Å². The second-order valence-corrected chi connectivity index (χ2v) is 4.80. The highest BCUT2D eigenvalue weighted by Crippen LogP contribution is 2.33. The van der Waals surface area contributed by atoms with Crippen LogP contribution in [0.4, 0.5) is 4.79 Å². The predicted octanol–water partition coefficient (Wildman–Crippen LogP) is 1.04. The van der Waals surface area contributed by atoms with Gasteiger partial charge >= 0.3 is 12.0 Å². The molecule has 1 aromatic rings. The first kappa shape index (κ1) is 13.4. The average Bonchev–Trinajstić information content (AvgIpc) is 3.09. The van der Waals surface area contributed by atoms with Crippen molar-refractivity contribution >= 4 is 12.0 Å². The van der Waals surface area contributed by atoms with Gasteiger partial charge < -0.3 is 20.3 Å². The lowest BCUT2D eigenvalue weighted by molar-refractivity contribution is -0.137. The molecule has 0 spiro atoms. The highest BCUT2D eigenvalue weighted by Gasteiger charge is 2.33. The molecular weight excluding hydrogens is 250 g/mol. The van der Waals surface area contributed by atoms with E-state index in [9.17, 15) is 9.59 Å². The van der Waals surface area contributed by atoms with E-state index < -0.39 is 5.97 Å². The molecule has 7 nitrogen and oxygen atoms in total. The van der Waals surface area contributed by atoms with E-state index in [1.54, 1.807) is 13.0 Å². The van der Waals surface area contributed by atoms with Gasteiger partial charge in [0.15, 0.2) is 5.76 Å². The lowest BCUT2D eigenvalue weighted by Gasteiger charge is -2.16. The monoisotopic (exact) mass is 267 g/mol. The molecular formula is C12H17N3O4. The predicted molar refractivity (Wildman–Crippen MR) is 65.4 cm³/mol. The summed E-state index contributed by atoms with van der Waals surface area (Å²) in [6.45, 7) is 2.03. The Morgan fingerprint density at radius 3 is 2.84 bits per heavy atom. The first-order valence-electron chi connectivity index (χ1n) is 6.23. The van der Waals surface area contributed by atoms with Crippen molar-refractivity contribution < 1.29 is 19.2 Å². The SMILES string of the molecule is Cc1cc(CNC(=O)NC(CC(=O)O)C2CC2)on1. The molecule has 0 aliphatic heterocycles. The molecule has 104 valence electrons. The highest BCUT2D eigenvalue weighted by atomic mass is 16.5. The number of nitrogens with zero attached hydrogens (tertiary/aromatic N) is 1. The number of carbonyl (C=O) groups excluding carboxylic acids is 1. The molecule has 7 heteroatoms. The van der Waals surface area contributed by atoms with Gasteiger partial charge in [0.2, 0.25) is 0 Å². The Labute approximate surface area is 110 Å². The number of aliphatic carboxylic acids is 1. The highest BCUT2D eigenvalue weighted by molar-refractivity contribution is 5.75. The fourth-order valence-corrected chi connectivity index (χ4v) is 1.91. The van der Waals surface area contributed by atoms with Crippen LogP contribution in [0.25, 0.3) is 0 Å². The third kappa shape index (κ3) is 4.27. The molecule has 3 N–H and O–H groups in total. The number of rotatable bonds is 6. The maximum absolute atomic E-state index is 11.7. The Balaban J connectivity index is 1.77. The molecule has 1 aliphatic carbocycles. The number of aromatic nitrogens is 1. The van der Waals surface area contributed by atoms with Crippen LogP contribution in [0.1, 0.15) is 30.7 Å². The summed E-state index contributed by atoms with van der Waals surface area (Å²) >= 11 is 0. The van der Waals surface area contributed by atoms with E-state index in [0.29, 0.717) is 5.76 Å². The Bertz CT molecular complexity index is 467. The Morgan fingerprint density at radius 2 is 2.32 bits per heavy atom. The van der Waals surface area contributed by atoms with Gasteiger partial charge in [-0.15, -0.1) is 0 Å². The van der Waals surface area contributed by atoms with Gasteiger partial charge in [0.1, 0.15) is 0 Å². The van der Waals surface area contributed by atoms with Crippen LogP contribution in [-0.2, 0) is 11.3 Å². The van der Waals surface area contributed by atoms with E-state index in [1.165, 1.54) is 0 Å². The van der Waals surface area contributed by atoms with Gasteiger partial charge in [-0.05, 0) is 25.7 Å². The molecule has 2 rings (SSSR count). The zero-order chi connectivity index (χ0) is 13.8. The largest absolute Gasteiger partial charge is 0.481 e. The number of urea groups is 1. The topological polar surface area (TPSA) is 104 Å². The van der Waals surface area contributed by atoms with E-state index in [1.807, 2.05) is 0 Å². The van der Waals surface area contributed by atoms with Crippen molar-refractivity contribution in [1.82, 2.24) is 15.8 Å². The van der Waals surface area contributed by atoms with Crippen molar-refractivity contribution in [2.45, 2.75) is 38.8 Å². The number of hydrogen-bond donors (Lipinski definition) is 3. The number of carboxylic acid groups (broad SMARTS) is 1. The van der Waals surface area contributed by atoms with Crippen molar-refractivity contribution in [3.63, 3.8) is 0 Å². The second kappa shape index (κ2) is 5.73. The lowest BCUT2D eigenvalue weighted by atomic mass is 10.1. The quantitative estimate of drug-likeness (QED) is 0.714. The van der Waals surface area contributed by atoms with E-state index in [4.69, 9.17) is 9.63 Å². The van der Waals surface area contributed by atoms with E-state index >= 15 is 0 Å². The molecule has 1 aliphatic rings. The number of amides is 2. The number of aryl methyl sites for hydroxylation is 1. The standard InChI is InChI=1S/C12H17N3O4/c1-7-4-9(19-15-7)6-13-12(18)14-10(5-11(16)17)8-2-3-8/h4,8,10H,2-3,5-6H2,1H3,(H,16,17)(H2,13,14,18). The maximum Gasteiger partial charge on any atom is 0.315 e. The number of carboxylic acids is 1. The minimum Gasteiger partial charge on any atom is -0.481 e. The number of carbonyl (C=O) groups is 2. The van der Waals surface area contributed by atoms with Crippen molar-refractivity contribution in [3.8, 4) is 0 Å². The van der Waals surface area contributed by atoms with Gasteiger partial charge in [-0.25, -0.2) is 4.79 Å². The van der Waals surface area contributed by atoms with E-state index in [0.717, 1.165) is 18.5 Å². The van der Waals surface area contributed by atoms with E-state index in [2.05, 4.69) is 15.8 Å². The fourth-order valence-electron chi connectivity index (χ4n) is 1.91. The Hall–Kier alpha value is -2.05. The molecule has 0 bridgehead atoms. The van der Waals surface area contributed by atoms with E-state index in [-0.39, 0.29) is 31.0 Å². The van der Waals surface area contributed by atoms with Crippen LogP contribution >= 0.6 is 0 Å². The summed E-state index contributed by atoms with van der Waals surface area (Å²) in [7, 11) is 0. The van der Waals surface area contributed by atoms with Gasteiger partial charge in [0.05, 0.1) is 18.7 Å². The number of hydrogen-bond acceptors (Lipinski definition) is 4. The minimum absolute atomic E-state index is 0.0422. The second-order valence-electron chi connectivity index (χ2n) is 4.80. The van der Waals surface area contributed by atoms with Gasteiger partial charge in [-0.1, -0.05) is 5.16 Å². The molecule has 1 saturated carbocycles. The Morgan fingerprint density at radius 1 is 1.58 bits per heavy atom. The summed E-state index contributed by atoms with van der Waals surface area (Å²) < 4.78 is 4.96. The zero-order valence-corrected chi connectivity index (χ0v) is 10.7. The molecule has 0 radical (unpaired) electrons. The average molecular weight is 267 g/mol. The van der Waals surface area contributed by atoms with Crippen LogP contribution in [0.15, 0.2) is 10.6 Å². The molecule has 1 fully saturated rings. The zero-order valence-electron chi connectivity index (χ0n) is 10.7. The lowest BCUT2D eigenvalue weighted by Crippen LogP contribution is -2.43. The summed E-state index contributed by atoms with van der Waals surface area (Å²) in [5.74, 6) is -0.0497. The van der Waals surface area contributed by atoms with Crippen LogP contribution in [0.3, 0.4) is 0 Å². The molecule has 1 heterocycles. The summed E-state index contributed by atoms with van der Waals surface area (Å²) in [5.41, 5.74) is 0.749. The van der Waals surface area contributed by atoms with Crippen LogP contribution in [-0.4, -0.2) is 28.3 Å². The van der Waals surface area contributed by atoms with Crippen LogP contribution in [0.5, 0.6) is 0 Å². The van der Waals surface area contributed by atoms with Crippen molar-refractivity contribution in [3.05, 3.63) is 17.5 Å². The third-order valence-corrected chi connectivity index (χ3v) is 3.00. The summed E-state index contributed by atoms with van der Waals surface area (Å²) in [6, 6.07) is 1.05. The first-order chi connectivity index (χ1) is 9.04.